The van der Waals surface area contributed by atoms with E-state index in [1.165, 1.54) is 19.3 Å². The highest BCUT2D eigenvalue weighted by molar-refractivity contribution is 5.79. The summed E-state index contributed by atoms with van der Waals surface area (Å²) in [6, 6.07) is 10.1. The van der Waals surface area contributed by atoms with Crippen molar-refractivity contribution in [3.05, 3.63) is 35.9 Å². The van der Waals surface area contributed by atoms with Gasteiger partial charge < -0.3 is 15.5 Å². The van der Waals surface area contributed by atoms with E-state index in [-0.39, 0.29) is 23.9 Å². The predicted octanol–water partition coefficient (Wildman–Crippen LogP) is 3.06. The van der Waals surface area contributed by atoms with E-state index in [0.29, 0.717) is 19.6 Å². The summed E-state index contributed by atoms with van der Waals surface area (Å²) in [6.45, 7) is 1.96. The first-order valence-corrected chi connectivity index (χ1v) is 9.59. The summed E-state index contributed by atoms with van der Waals surface area (Å²) < 4.78 is 0. The van der Waals surface area contributed by atoms with Crippen molar-refractivity contribution in [2.45, 2.75) is 57.5 Å². The predicted molar refractivity (Wildman–Crippen MR) is 98.0 cm³/mol. The number of piperidine rings is 1. The molecule has 0 radical (unpaired) electrons. The highest BCUT2D eigenvalue weighted by Crippen LogP contribution is 2.24. The fourth-order valence-corrected chi connectivity index (χ4v) is 3.80. The molecule has 136 valence electrons. The lowest BCUT2D eigenvalue weighted by Crippen LogP contribution is -2.50. The molecule has 3 rings (SSSR count). The van der Waals surface area contributed by atoms with Crippen molar-refractivity contribution in [1.82, 2.24) is 15.5 Å². The van der Waals surface area contributed by atoms with Crippen LogP contribution in [-0.2, 0) is 11.3 Å². The monoisotopic (exact) mass is 343 g/mol. The van der Waals surface area contributed by atoms with Crippen LogP contribution in [0.25, 0.3) is 0 Å². The first-order valence-electron chi connectivity index (χ1n) is 9.59. The SMILES string of the molecule is O=C(NC1CCN(C(=O)NCc2ccccc2)CC1)C1CCCCC1. The molecule has 3 amide bonds. The largest absolute Gasteiger partial charge is 0.353 e. The second-order valence-corrected chi connectivity index (χ2v) is 7.25. The molecule has 1 aliphatic heterocycles. The van der Waals surface area contributed by atoms with E-state index in [2.05, 4.69) is 10.6 Å². The number of benzene rings is 1. The molecule has 1 aromatic rings. The van der Waals surface area contributed by atoms with Crippen molar-refractivity contribution >= 4 is 11.9 Å². The maximum absolute atomic E-state index is 12.3. The van der Waals surface area contributed by atoms with Crippen LogP contribution in [0.1, 0.15) is 50.5 Å². The number of amides is 3. The maximum Gasteiger partial charge on any atom is 0.317 e. The van der Waals surface area contributed by atoms with Gasteiger partial charge in [-0.3, -0.25) is 4.79 Å². The zero-order valence-electron chi connectivity index (χ0n) is 14.9. The standard InChI is InChI=1S/C20H29N3O2/c24-19(17-9-5-2-6-10-17)22-18-11-13-23(14-12-18)20(25)21-15-16-7-3-1-4-8-16/h1,3-4,7-8,17-18H,2,5-6,9-15H2,(H,21,25)(H,22,24). The van der Waals surface area contributed by atoms with Gasteiger partial charge in [0, 0.05) is 31.6 Å². The van der Waals surface area contributed by atoms with Crippen molar-refractivity contribution in [3.63, 3.8) is 0 Å². The topological polar surface area (TPSA) is 61.4 Å². The molecule has 0 spiro atoms. The van der Waals surface area contributed by atoms with Gasteiger partial charge in [0.1, 0.15) is 0 Å². The van der Waals surface area contributed by atoms with Gasteiger partial charge in [-0.15, -0.1) is 0 Å². The number of carbonyl (C=O) groups is 2. The fraction of sp³-hybridized carbons (Fsp3) is 0.600. The Labute approximate surface area is 150 Å². The van der Waals surface area contributed by atoms with Gasteiger partial charge in [0.25, 0.3) is 0 Å². The van der Waals surface area contributed by atoms with Gasteiger partial charge in [-0.25, -0.2) is 4.79 Å². The Bertz CT molecular complexity index is 562. The van der Waals surface area contributed by atoms with Crippen LogP contribution >= 0.6 is 0 Å². The lowest BCUT2D eigenvalue weighted by Gasteiger charge is -2.33. The van der Waals surface area contributed by atoms with Gasteiger partial charge >= 0.3 is 6.03 Å². The van der Waals surface area contributed by atoms with Crippen LogP contribution in [-0.4, -0.2) is 36.0 Å². The lowest BCUT2D eigenvalue weighted by atomic mass is 9.88. The molecule has 1 saturated carbocycles. The molecule has 2 aliphatic rings. The van der Waals surface area contributed by atoms with Gasteiger partial charge in [0.2, 0.25) is 5.91 Å². The van der Waals surface area contributed by atoms with Crippen LogP contribution in [0, 0.1) is 5.92 Å². The Morgan fingerprint density at radius 3 is 2.32 bits per heavy atom. The molecule has 2 fully saturated rings. The van der Waals surface area contributed by atoms with Gasteiger partial charge in [-0.1, -0.05) is 49.6 Å². The van der Waals surface area contributed by atoms with Crippen LogP contribution < -0.4 is 10.6 Å². The molecule has 1 heterocycles. The molecular formula is C20H29N3O2. The van der Waals surface area contributed by atoms with Crippen molar-refractivity contribution in [1.29, 1.82) is 0 Å². The normalized spacial score (nSPS) is 19.4. The van der Waals surface area contributed by atoms with E-state index in [1.807, 2.05) is 35.2 Å². The number of carbonyl (C=O) groups excluding carboxylic acids is 2. The van der Waals surface area contributed by atoms with Gasteiger partial charge in [0.15, 0.2) is 0 Å². The second-order valence-electron chi connectivity index (χ2n) is 7.25. The molecule has 5 heteroatoms. The van der Waals surface area contributed by atoms with Crippen LogP contribution in [0.4, 0.5) is 4.79 Å². The molecule has 1 aromatic carbocycles. The van der Waals surface area contributed by atoms with Crippen molar-refractivity contribution in [2.24, 2.45) is 5.92 Å². The average Bonchev–Trinajstić information content (AvgIpc) is 2.68. The summed E-state index contributed by atoms with van der Waals surface area (Å²) in [4.78, 5) is 26.5. The fourth-order valence-electron chi connectivity index (χ4n) is 3.80. The van der Waals surface area contributed by atoms with Crippen LogP contribution in [0.5, 0.6) is 0 Å². The number of hydrogen-bond donors (Lipinski definition) is 2. The second kappa shape index (κ2) is 8.88. The Morgan fingerprint density at radius 1 is 0.960 bits per heavy atom. The number of nitrogens with zero attached hydrogens (tertiary/aromatic N) is 1. The van der Waals surface area contributed by atoms with Gasteiger partial charge in [-0.05, 0) is 31.2 Å². The first-order chi connectivity index (χ1) is 12.2. The Kier molecular flexibility index (Phi) is 6.31. The zero-order chi connectivity index (χ0) is 17.5. The minimum Gasteiger partial charge on any atom is -0.353 e. The third kappa shape index (κ3) is 5.21. The summed E-state index contributed by atoms with van der Waals surface area (Å²) in [5.74, 6) is 0.438. The summed E-state index contributed by atoms with van der Waals surface area (Å²) in [5, 5.41) is 6.18. The van der Waals surface area contributed by atoms with E-state index in [9.17, 15) is 9.59 Å². The molecule has 0 bridgehead atoms. The summed E-state index contributed by atoms with van der Waals surface area (Å²) in [7, 11) is 0. The number of likely N-dealkylation sites (tertiary alicyclic amines) is 1. The Balaban J connectivity index is 1.37. The third-order valence-corrected chi connectivity index (χ3v) is 5.39. The van der Waals surface area contributed by atoms with Crippen molar-refractivity contribution in [2.75, 3.05) is 13.1 Å². The number of nitrogens with one attached hydrogen (secondary N) is 2. The molecule has 2 N–H and O–H groups in total. The third-order valence-electron chi connectivity index (χ3n) is 5.39. The number of rotatable bonds is 4. The Hall–Kier alpha value is -2.04. The van der Waals surface area contributed by atoms with Gasteiger partial charge in [0.05, 0.1) is 0 Å². The van der Waals surface area contributed by atoms with E-state index in [4.69, 9.17) is 0 Å². The van der Waals surface area contributed by atoms with E-state index in [1.54, 1.807) is 0 Å². The van der Waals surface area contributed by atoms with Crippen LogP contribution in [0.15, 0.2) is 30.3 Å². The summed E-state index contributed by atoms with van der Waals surface area (Å²) in [5.41, 5.74) is 1.10. The van der Waals surface area contributed by atoms with E-state index < -0.39 is 0 Å². The highest BCUT2D eigenvalue weighted by atomic mass is 16.2. The van der Waals surface area contributed by atoms with Crippen molar-refractivity contribution < 1.29 is 9.59 Å². The molecule has 1 aliphatic carbocycles. The molecule has 0 atom stereocenters. The molecule has 1 saturated heterocycles. The molecule has 25 heavy (non-hydrogen) atoms. The molecular weight excluding hydrogens is 314 g/mol. The molecule has 0 unspecified atom stereocenters. The quantitative estimate of drug-likeness (QED) is 0.883. The first kappa shape index (κ1) is 17.8. The van der Waals surface area contributed by atoms with E-state index >= 15 is 0 Å². The number of urea groups is 1. The molecule has 5 nitrogen and oxygen atoms in total. The summed E-state index contributed by atoms with van der Waals surface area (Å²) >= 11 is 0. The maximum atomic E-state index is 12.3. The van der Waals surface area contributed by atoms with Crippen molar-refractivity contribution in [3.8, 4) is 0 Å². The van der Waals surface area contributed by atoms with Gasteiger partial charge in [-0.2, -0.15) is 0 Å². The Morgan fingerprint density at radius 2 is 1.64 bits per heavy atom. The average molecular weight is 343 g/mol. The van der Waals surface area contributed by atoms with E-state index in [0.717, 1.165) is 31.2 Å². The number of hydrogen-bond acceptors (Lipinski definition) is 2. The highest BCUT2D eigenvalue weighted by Gasteiger charge is 2.27. The van der Waals surface area contributed by atoms with Crippen LogP contribution in [0.3, 0.4) is 0 Å². The summed E-state index contributed by atoms with van der Waals surface area (Å²) in [6.07, 6.45) is 7.38. The van der Waals surface area contributed by atoms with Crippen LogP contribution in [0.2, 0.25) is 0 Å². The minimum absolute atomic E-state index is 0.0130. The minimum atomic E-state index is -0.0130. The molecule has 0 aromatic heterocycles. The zero-order valence-corrected chi connectivity index (χ0v) is 14.9. The lowest BCUT2D eigenvalue weighted by molar-refractivity contribution is -0.126. The smallest absolute Gasteiger partial charge is 0.317 e.